The lowest BCUT2D eigenvalue weighted by atomic mass is 10.0. The summed E-state index contributed by atoms with van der Waals surface area (Å²) in [5.41, 5.74) is 0.0633. The minimum Gasteiger partial charge on any atom is -0.376 e. The molecule has 2 aliphatic heterocycles. The van der Waals surface area contributed by atoms with Crippen LogP contribution in [-0.4, -0.2) is 81.5 Å². The maximum atomic E-state index is 14.4. The predicted molar refractivity (Wildman–Crippen MR) is 118 cm³/mol. The molecular formula is C23H36F2N4O2. The van der Waals surface area contributed by atoms with Crippen molar-refractivity contribution in [1.29, 1.82) is 0 Å². The zero-order valence-electron chi connectivity index (χ0n) is 18.9. The van der Waals surface area contributed by atoms with E-state index in [1.54, 1.807) is 4.90 Å². The number of rotatable bonds is 8. The van der Waals surface area contributed by atoms with Gasteiger partial charge in [-0.25, -0.2) is 8.78 Å². The van der Waals surface area contributed by atoms with Gasteiger partial charge in [0.1, 0.15) is 11.6 Å². The quantitative estimate of drug-likeness (QED) is 0.499. The Balaban J connectivity index is 1.60. The summed E-state index contributed by atoms with van der Waals surface area (Å²) in [6.45, 7) is 6.22. The molecule has 2 atom stereocenters. The Morgan fingerprint density at radius 2 is 1.97 bits per heavy atom. The summed E-state index contributed by atoms with van der Waals surface area (Å²) in [6.07, 6.45) is 4.56. The topological polar surface area (TPSA) is 49.3 Å². The zero-order valence-corrected chi connectivity index (χ0v) is 18.9. The van der Waals surface area contributed by atoms with Gasteiger partial charge < -0.3 is 24.6 Å². The fourth-order valence-electron chi connectivity index (χ4n) is 4.19. The van der Waals surface area contributed by atoms with E-state index >= 15 is 0 Å². The second-order valence-corrected chi connectivity index (χ2v) is 8.46. The fraction of sp³-hybridized carbons (Fsp3) is 0.696. The number of nitrogens with one attached hydrogen (secondary N) is 1. The van der Waals surface area contributed by atoms with E-state index in [2.05, 4.69) is 10.2 Å². The van der Waals surface area contributed by atoms with Gasteiger partial charge in [0.05, 0.1) is 31.4 Å². The number of likely N-dealkylation sites (tertiary alicyclic amines) is 1. The number of aliphatic imine (C=N–C) groups is 1. The molecule has 1 N–H and O–H groups in total. The summed E-state index contributed by atoms with van der Waals surface area (Å²) < 4.78 is 40.4. The van der Waals surface area contributed by atoms with Gasteiger partial charge >= 0.3 is 0 Å². The minimum atomic E-state index is -0.539. The molecule has 1 aromatic carbocycles. The van der Waals surface area contributed by atoms with Crippen molar-refractivity contribution >= 4 is 5.96 Å². The van der Waals surface area contributed by atoms with Gasteiger partial charge in [-0.3, -0.25) is 4.99 Å². The lowest BCUT2D eigenvalue weighted by molar-refractivity contribution is -0.0367. The van der Waals surface area contributed by atoms with Crippen LogP contribution in [0, 0.1) is 11.6 Å². The molecule has 1 aromatic rings. The molecule has 8 heteroatoms. The second-order valence-electron chi connectivity index (χ2n) is 8.46. The summed E-state index contributed by atoms with van der Waals surface area (Å²) in [7, 11) is 3.63. The number of ether oxygens (including phenoxy) is 2. The number of hydrogen-bond acceptors (Lipinski definition) is 4. The van der Waals surface area contributed by atoms with Crippen LogP contribution in [0.4, 0.5) is 8.78 Å². The highest BCUT2D eigenvalue weighted by Crippen LogP contribution is 2.25. The molecule has 31 heavy (non-hydrogen) atoms. The molecule has 2 aliphatic rings. The molecule has 2 unspecified atom stereocenters. The monoisotopic (exact) mass is 438 g/mol. The van der Waals surface area contributed by atoms with E-state index in [0.29, 0.717) is 6.61 Å². The third-order valence-corrected chi connectivity index (χ3v) is 5.99. The highest BCUT2D eigenvalue weighted by atomic mass is 19.1. The number of guanidine groups is 1. The van der Waals surface area contributed by atoms with Crippen LogP contribution in [0.3, 0.4) is 0 Å². The van der Waals surface area contributed by atoms with Crippen LogP contribution in [0.1, 0.15) is 44.2 Å². The van der Waals surface area contributed by atoms with Crippen molar-refractivity contribution in [3.8, 4) is 0 Å². The molecule has 0 radical (unpaired) electrons. The maximum absolute atomic E-state index is 14.4. The SMILES string of the molecule is CCNC(=NCC(c1c(F)cccc1F)N(C)C)N1CCC(OCC2CCCO2)CC1. The lowest BCUT2D eigenvalue weighted by Gasteiger charge is -2.35. The first-order valence-corrected chi connectivity index (χ1v) is 11.4. The number of hydrogen-bond donors (Lipinski definition) is 1. The average Bonchev–Trinajstić information content (AvgIpc) is 3.27. The van der Waals surface area contributed by atoms with E-state index in [1.807, 2.05) is 21.0 Å². The molecular weight excluding hydrogens is 402 g/mol. The van der Waals surface area contributed by atoms with Crippen LogP contribution >= 0.6 is 0 Å². The molecule has 0 aliphatic carbocycles. The second kappa shape index (κ2) is 11.7. The molecule has 0 bridgehead atoms. The lowest BCUT2D eigenvalue weighted by Crippen LogP contribution is -2.47. The molecule has 174 valence electrons. The molecule has 0 aromatic heterocycles. The van der Waals surface area contributed by atoms with E-state index in [9.17, 15) is 8.78 Å². The summed E-state index contributed by atoms with van der Waals surface area (Å²) >= 11 is 0. The molecule has 0 saturated carbocycles. The number of likely N-dealkylation sites (N-methyl/N-ethyl adjacent to an activating group) is 1. The van der Waals surface area contributed by atoms with Gasteiger partial charge in [-0.15, -0.1) is 0 Å². The Morgan fingerprint density at radius 3 is 2.55 bits per heavy atom. The van der Waals surface area contributed by atoms with Crippen molar-refractivity contribution < 1.29 is 18.3 Å². The summed E-state index contributed by atoms with van der Waals surface area (Å²) in [5.74, 6) is -0.296. The van der Waals surface area contributed by atoms with Crippen molar-refractivity contribution in [3.05, 3.63) is 35.4 Å². The maximum Gasteiger partial charge on any atom is 0.193 e. The number of halogens is 2. The van der Waals surface area contributed by atoms with Crippen LogP contribution in [-0.2, 0) is 9.47 Å². The van der Waals surface area contributed by atoms with Crippen molar-refractivity contribution in [2.75, 3.05) is 53.5 Å². The molecule has 3 rings (SSSR count). The van der Waals surface area contributed by atoms with E-state index < -0.39 is 17.7 Å². The Labute approximate surface area is 184 Å². The van der Waals surface area contributed by atoms with Crippen LogP contribution in [0.25, 0.3) is 0 Å². The molecule has 2 fully saturated rings. The minimum absolute atomic E-state index is 0.0633. The van der Waals surface area contributed by atoms with Gasteiger partial charge in [0.25, 0.3) is 0 Å². The van der Waals surface area contributed by atoms with Crippen molar-refractivity contribution in [2.24, 2.45) is 4.99 Å². The first-order chi connectivity index (χ1) is 15.0. The molecule has 2 saturated heterocycles. The highest BCUT2D eigenvalue weighted by molar-refractivity contribution is 5.80. The van der Waals surface area contributed by atoms with Crippen LogP contribution < -0.4 is 5.32 Å². The van der Waals surface area contributed by atoms with E-state index in [0.717, 1.165) is 57.9 Å². The van der Waals surface area contributed by atoms with Gasteiger partial charge in [-0.2, -0.15) is 0 Å². The van der Waals surface area contributed by atoms with Crippen molar-refractivity contribution in [1.82, 2.24) is 15.1 Å². The number of piperidine rings is 1. The Morgan fingerprint density at radius 1 is 1.26 bits per heavy atom. The van der Waals surface area contributed by atoms with E-state index in [4.69, 9.17) is 14.5 Å². The molecule has 0 amide bonds. The van der Waals surface area contributed by atoms with Crippen LogP contribution in [0.2, 0.25) is 0 Å². The Hall–Kier alpha value is -1.77. The smallest absolute Gasteiger partial charge is 0.193 e. The summed E-state index contributed by atoms with van der Waals surface area (Å²) in [4.78, 5) is 8.76. The fourth-order valence-corrected chi connectivity index (χ4v) is 4.19. The first-order valence-electron chi connectivity index (χ1n) is 11.4. The van der Waals surface area contributed by atoms with E-state index in [1.165, 1.54) is 18.2 Å². The first kappa shape index (κ1) is 23.9. The highest BCUT2D eigenvalue weighted by Gasteiger charge is 2.26. The van der Waals surface area contributed by atoms with E-state index in [-0.39, 0.29) is 24.3 Å². The molecule has 2 heterocycles. The van der Waals surface area contributed by atoms with Gasteiger partial charge in [-0.1, -0.05) is 6.07 Å². The van der Waals surface area contributed by atoms with Crippen molar-refractivity contribution in [2.45, 2.75) is 50.9 Å². The summed E-state index contributed by atoms with van der Waals surface area (Å²) in [6, 6.07) is 3.50. The normalized spacial score (nSPS) is 21.7. The van der Waals surface area contributed by atoms with Crippen LogP contribution in [0.15, 0.2) is 23.2 Å². The standard InChI is InChI=1S/C23H36F2N4O2/c1-4-26-23(27-15-21(28(2)3)22-19(24)8-5-9-20(22)25)29-12-10-17(11-13-29)31-16-18-7-6-14-30-18/h5,8-9,17-18,21H,4,6-7,10-16H2,1-3H3,(H,26,27). The van der Waals surface area contributed by atoms with Crippen molar-refractivity contribution in [3.63, 3.8) is 0 Å². The average molecular weight is 439 g/mol. The number of benzene rings is 1. The predicted octanol–water partition coefficient (Wildman–Crippen LogP) is 3.19. The van der Waals surface area contributed by atoms with Gasteiger partial charge in [0, 0.05) is 31.8 Å². The van der Waals surface area contributed by atoms with Gasteiger partial charge in [-0.05, 0) is 58.8 Å². The zero-order chi connectivity index (χ0) is 22.2. The Kier molecular flexibility index (Phi) is 9.04. The largest absolute Gasteiger partial charge is 0.376 e. The molecule has 0 spiro atoms. The Bertz CT molecular complexity index is 697. The van der Waals surface area contributed by atoms with Gasteiger partial charge in [0.2, 0.25) is 0 Å². The number of nitrogens with zero attached hydrogens (tertiary/aromatic N) is 3. The third-order valence-electron chi connectivity index (χ3n) is 5.99. The third kappa shape index (κ3) is 6.60. The molecule has 6 nitrogen and oxygen atoms in total. The van der Waals surface area contributed by atoms with Gasteiger partial charge in [0.15, 0.2) is 5.96 Å². The van der Waals surface area contributed by atoms with Crippen LogP contribution in [0.5, 0.6) is 0 Å². The summed E-state index contributed by atoms with van der Waals surface area (Å²) in [5, 5.41) is 3.33.